The SMILES string of the molecule is COc1c(C)cc(-c2nn(C)cc2C(=O)O)cc1C. The number of benzene rings is 1. The molecule has 0 aliphatic carbocycles. The largest absolute Gasteiger partial charge is 0.496 e. The average Bonchev–Trinajstić information content (AvgIpc) is 2.71. The van der Waals surface area contributed by atoms with Crippen LogP contribution in [0.2, 0.25) is 0 Å². The summed E-state index contributed by atoms with van der Waals surface area (Å²) in [6, 6.07) is 3.78. The third-order valence-electron chi connectivity index (χ3n) is 3.00. The number of aryl methyl sites for hydroxylation is 3. The second kappa shape index (κ2) is 4.76. The zero-order chi connectivity index (χ0) is 14.2. The lowest BCUT2D eigenvalue weighted by Crippen LogP contribution is -1.98. The van der Waals surface area contributed by atoms with E-state index in [-0.39, 0.29) is 5.56 Å². The number of carbonyl (C=O) groups is 1. The van der Waals surface area contributed by atoms with Gasteiger partial charge in [-0.3, -0.25) is 4.68 Å². The summed E-state index contributed by atoms with van der Waals surface area (Å²) in [5.41, 5.74) is 3.38. The quantitative estimate of drug-likeness (QED) is 0.920. The zero-order valence-corrected chi connectivity index (χ0v) is 11.4. The van der Waals surface area contributed by atoms with Gasteiger partial charge in [-0.1, -0.05) is 0 Å². The molecule has 0 spiro atoms. The van der Waals surface area contributed by atoms with Crippen LogP contribution in [0.4, 0.5) is 0 Å². The molecule has 5 nitrogen and oxygen atoms in total. The Morgan fingerprint density at radius 1 is 1.32 bits per heavy atom. The third-order valence-corrected chi connectivity index (χ3v) is 3.00. The van der Waals surface area contributed by atoms with Crippen molar-refractivity contribution in [1.82, 2.24) is 9.78 Å². The summed E-state index contributed by atoms with van der Waals surface area (Å²) in [4.78, 5) is 11.2. The molecule has 100 valence electrons. The van der Waals surface area contributed by atoms with E-state index in [1.54, 1.807) is 14.2 Å². The molecule has 0 unspecified atom stereocenters. The molecule has 1 heterocycles. The Balaban J connectivity index is 2.63. The summed E-state index contributed by atoms with van der Waals surface area (Å²) in [5, 5.41) is 13.4. The number of methoxy groups -OCH3 is 1. The lowest BCUT2D eigenvalue weighted by atomic mass is 10.0. The highest BCUT2D eigenvalue weighted by Crippen LogP contribution is 2.30. The number of carboxylic acids is 1. The average molecular weight is 260 g/mol. The fraction of sp³-hybridized carbons (Fsp3) is 0.286. The molecule has 1 aromatic carbocycles. The van der Waals surface area contributed by atoms with Crippen molar-refractivity contribution in [3.05, 3.63) is 35.0 Å². The Morgan fingerprint density at radius 2 is 1.89 bits per heavy atom. The van der Waals surface area contributed by atoms with Gasteiger partial charge in [0.2, 0.25) is 0 Å². The van der Waals surface area contributed by atoms with Crippen LogP contribution in [0.1, 0.15) is 21.5 Å². The van der Waals surface area contributed by atoms with Crippen LogP contribution >= 0.6 is 0 Å². The fourth-order valence-corrected chi connectivity index (χ4v) is 2.27. The van der Waals surface area contributed by atoms with E-state index in [0.717, 1.165) is 22.4 Å². The van der Waals surface area contributed by atoms with Crippen LogP contribution in [-0.4, -0.2) is 28.0 Å². The van der Waals surface area contributed by atoms with E-state index in [4.69, 9.17) is 4.74 Å². The summed E-state index contributed by atoms with van der Waals surface area (Å²) in [7, 11) is 3.33. The fourth-order valence-electron chi connectivity index (χ4n) is 2.27. The first kappa shape index (κ1) is 13.1. The van der Waals surface area contributed by atoms with Crippen molar-refractivity contribution < 1.29 is 14.6 Å². The number of aromatic nitrogens is 2. The van der Waals surface area contributed by atoms with Crippen molar-refractivity contribution in [2.45, 2.75) is 13.8 Å². The molecule has 0 fully saturated rings. The van der Waals surface area contributed by atoms with Gasteiger partial charge < -0.3 is 9.84 Å². The Hall–Kier alpha value is -2.30. The van der Waals surface area contributed by atoms with Crippen molar-refractivity contribution in [3.63, 3.8) is 0 Å². The first-order valence-electron chi connectivity index (χ1n) is 5.86. The van der Waals surface area contributed by atoms with Crippen molar-refractivity contribution in [1.29, 1.82) is 0 Å². The Kier molecular flexibility index (Phi) is 3.29. The van der Waals surface area contributed by atoms with Crippen LogP contribution in [-0.2, 0) is 7.05 Å². The zero-order valence-electron chi connectivity index (χ0n) is 11.4. The predicted molar refractivity (Wildman–Crippen MR) is 71.6 cm³/mol. The lowest BCUT2D eigenvalue weighted by Gasteiger charge is -2.10. The molecule has 0 bridgehead atoms. The second-order valence-corrected chi connectivity index (χ2v) is 4.51. The molecule has 0 aliphatic heterocycles. The molecule has 2 aromatic rings. The maximum Gasteiger partial charge on any atom is 0.339 e. The number of nitrogens with zero attached hydrogens (tertiary/aromatic N) is 2. The van der Waals surface area contributed by atoms with E-state index < -0.39 is 5.97 Å². The Bertz CT molecular complexity index is 621. The lowest BCUT2D eigenvalue weighted by molar-refractivity contribution is 0.0697. The number of ether oxygens (including phenoxy) is 1. The minimum Gasteiger partial charge on any atom is -0.496 e. The number of hydrogen-bond donors (Lipinski definition) is 1. The van der Waals surface area contributed by atoms with Gasteiger partial charge in [-0.15, -0.1) is 0 Å². The molecule has 1 N–H and O–H groups in total. The second-order valence-electron chi connectivity index (χ2n) is 4.51. The maximum absolute atomic E-state index is 11.2. The first-order chi connectivity index (χ1) is 8.93. The smallest absolute Gasteiger partial charge is 0.339 e. The summed E-state index contributed by atoms with van der Waals surface area (Å²) in [6.07, 6.45) is 1.51. The van der Waals surface area contributed by atoms with Gasteiger partial charge >= 0.3 is 5.97 Å². The van der Waals surface area contributed by atoms with Gasteiger partial charge in [0.15, 0.2) is 0 Å². The minimum atomic E-state index is -0.978. The molecule has 19 heavy (non-hydrogen) atoms. The van der Waals surface area contributed by atoms with Gasteiger partial charge in [0, 0.05) is 18.8 Å². The molecular formula is C14H16N2O3. The molecule has 0 saturated carbocycles. The highest BCUT2D eigenvalue weighted by atomic mass is 16.5. The van der Waals surface area contributed by atoms with Gasteiger partial charge in [0.05, 0.1) is 7.11 Å². The Morgan fingerprint density at radius 3 is 2.37 bits per heavy atom. The molecule has 1 aromatic heterocycles. The molecule has 5 heteroatoms. The summed E-state index contributed by atoms with van der Waals surface area (Å²) < 4.78 is 6.82. The van der Waals surface area contributed by atoms with Crippen LogP contribution in [0.25, 0.3) is 11.3 Å². The van der Waals surface area contributed by atoms with Crippen molar-refractivity contribution in [3.8, 4) is 17.0 Å². The molecule has 0 atom stereocenters. The summed E-state index contributed by atoms with van der Waals surface area (Å²) in [5.74, 6) is -0.161. The topological polar surface area (TPSA) is 64.4 Å². The molecule has 0 radical (unpaired) electrons. The standard InChI is InChI=1S/C14H16N2O3/c1-8-5-10(6-9(2)13(8)19-4)12-11(14(17)18)7-16(3)15-12/h5-7H,1-4H3,(H,17,18). The number of aromatic carboxylic acids is 1. The van der Waals surface area contributed by atoms with E-state index >= 15 is 0 Å². The molecular weight excluding hydrogens is 244 g/mol. The van der Waals surface area contributed by atoms with Crippen molar-refractivity contribution in [2.75, 3.05) is 7.11 Å². The van der Waals surface area contributed by atoms with E-state index in [9.17, 15) is 9.90 Å². The predicted octanol–water partition coefficient (Wildman–Crippen LogP) is 2.41. The van der Waals surface area contributed by atoms with E-state index in [1.807, 2.05) is 26.0 Å². The highest BCUT2D eigenvalue weighted by molar-refractivity contribution is 5.94. The third kappa shape index (κ3) is 2.31. The highest BCUT2D eigenvalue weighted by Gasteiger charge is 2.17. The van der Waals surface area contributed by atoms with E-state index in [0.29, 0.717) is 5.69 Å². The van der Waals surface area contributed by atoms with Crippen LogP contribution in [0, 0.1) is 13.8 Å². The van der Waals surface area contributed by atoms with Gasteiger partial charge in [-0.25, -0.2) is 4.79 Å². The number of hydrogen-bond acceptors (Lipinski definition) is 3. The van der Waals surface area contributed by atoms with Crippen molar-refractivity contribution >= 4 is 5.97 Å². The monoisotopic (exact) mass is 260 g/mol. The maximum atomic E-state index is 11.2. The number of rotatable bonds is 3. The van der Waals surface area contributed by atoms with Gasteiger partial charge in [0.25, 0.3) is 0 Å². The van der Waals surface area contributed by atoms with Gasteiger partial charge in [-0.2, -0.15) is 5.10 Å². The molecule has 0 aliphatic rings. The van der Waals surface area contributed by atoms with Crippen LogP contribution in [0.5, 0.6) is 5.75 Å². The van der Waals surface area contributed by atoms with Crippen LogP contribution in [0.3, 0.4) is 0 Å². The van der Waals surface area contributed by atoms with Crippen LogP contribution < -0.4 is 4.74 Å². The molecule has 2 rings (SSSR count). The molecule has 0 saturated heterocycles. The van der Waals surface area contributed by atoms with Gasteiger partial charge in [-0.05, 0) is 37.1 Å². The summed E-state index contributed by atoms with van der Waals surface area (Å²) >= 11 is 0. The van der Waals surface area contributed by atoms with Crippen LogP contribution in [0.15, 0.2) is 18.3 Å². The number of carboxylic acid groups (broad SMARTS) is 1. The Labute approximate surface area is 111 Å². The van der Waals surface area contributed by atoms with Gasteiger partial charge in [0.1, 0.15) is 17.0 Å². The first-order valence-corrected chi connectivity index (χ1v) is 5.86. The normalized spacial score (nSPS) is 10.5. The summed E-state index contributed by atoms with van der Waals surface area (Å²) in [6.45, 7) is 3.86. The van der Waals surface area contributed by atoms with E-state index in [1.165, 1.54) is 10.9 Å². The minimum absolute atomic E-state index is 0.200. The van der Waals surface area contributed by atoms with E-state index in [2.05, 4.69) is 5.10 Å². The van der Waals surface area contributed by atoms with Crippen molar-refractivity contribution in [2.24, 2.45) is 7.05 Å². The molecule has 0 amide bonds.